The fraction of sp³-hybridized carbons (Fsp3) is 0.167. The Balaban J connectivity index is 2.43. The van der Waals surface area contributed by atoms with Crippen LogP contribution in [0.5, 0.6) is 5.75 Å². The molecule has 0 aliphatic heterocycles. The van der Waals surface area contributed by atoms with Crippen molar-refractivity contribution in [3.63, 3.8) is 0 Å². The van der Waals surface area contributed by atoms with Crippen LogP contribution in [0.1, 0.15) is 0 Å². The van der Waals surface area contributed by atoms with Crippen molar-refractivity contribution in [1.82, 2.24) is 0 Å². The summed E-state index contributed by atoms with van der Waals surface area (Å²) in [6.45, 7) is 0. The van der Waals surface area contributed by atoms with Crippen LogP contribution in [-0.2, 0) is 10.1 Å². The molecule has 0 saturated heterocycles. The van der Waals surface area contributed by atoms with Crippen molar-refractivity contribution >= 4 is 32.5 Å². The van der Waals surface area contributed by atoms with Crippen molar-refractivity contribution in [3.05, 3.63) is 42.5 Å². The van der Waals surface area contributed by atoms with Crippen LogP contribution in [0.15, 0.2) is 42.5 Å². The second kappa shape index (κ2) is 4.94. The van der Waals surface area contributed by atoms with Crippen LogP contribution in [0.2, 0.25) is 0 Å². The summed E-state index contributed by atoms with van der Waals surface area (Å²) in [4.78, 5) is 0. The van der Waals surface area contributed by atoms with Gasteiger partial charge in [0.05, 0.1) is 5.75 Å². The Kier molecular flexibility index (Phi) is 3.54. The molecule has 0 bridgehead atoms. The van der Waals surface area contributed by atoms with E-state index in [1.54, 1.807) is 12.1 Å². The van der Waals surface area contributed by atoms with Gasteiger partial charge in [-0.2, -0.15) is 8.42 Å². The van der Waals surface area contributed by atoms with Crippen molar-refractivity contribution in [2.45, 2.75) is 0 Å². The van der Waals surface area contributed by atoms with Crippen LogP contribution < -0.4 is 4.18 Å². The van der Waals surface area contributed by atoms with Gasteiger partial charge in [0.1, 0.15) is 5.75 Å². The van der Waals surface area contributed by atoms with Crippen LogP contribution in [0.4, 0.5) is 0 Å². The molecule has 0 aliphatic rings. The average Bonchev–Trinajstić information content (AvgIpc) is 2.29. The SMILES string of the molecule is O=S(=O)(CCCl)Oc1cccc2ccccc12. The first-order valence-corrected chi connectivity index (χ1v) is 7.19. The Morgan fingerprint density at radius 1 is 1.06 bits per heavy atom. The van der Waals surface area contributed by atoms with Crippen molar-refractivity contribution in [1.29, 1.82) is 0 Å². The summed E-state index contributed by atoms with van der Waals surface area (Å²) in [6, 6.07) is 12.7. The summed E-state index contributed by atoms with van der Waals surface area (Å²) in [7, 11) is -3.61. The minimum Gasteiger partial charge on any atom is -0.382 e. The number of hydrogen-bond donors (Lipinski definition) is 0. The molecular formula is C12H11ClO3S. The summed E-state index contributed by atoms with van der Waals surface area (Å²) in [5.74, 6) is 0.165. The molecule has 0 saturated carbocycles. The molecule has 2 aromatic rings. The zero-order valence-electron chi connectivity index (χ0n) is 8.97. The topological polar surface area (TPSA) is 43.4 Å². The standard InChI is InChI=1S/C12H11ClO3S/c13-8-9-17(14,15)16-12-7-3-5-10-4-1-2-6-11(10)12/h1-7H,8-9H2. The van der Waals surface area contributed by atoms with Gasteiger partial charge in [0.25, 0.3) is 0 Å². The van der Waals surface area contributed by atoms with Crippen LogP contribution in [0, 0.1) is 0 Å². The first-order chi connectivity index (χ1) is 8.12. The zero-order chi connectivity index (χ0) is 12.3. The predicted octanol–water partition coefficient (Wildman–Crippen LogP) is 2.79. The second-order valence-electron chi connectivity index (χ2n) is 3.51. The molecule has 0 radical (unpaired) electrons. The first kappa shape index (κ1) is 12.2. The summed E-state index contributed by atoms with van der Waals surface area (Å²) >= 11 is 5.41. The van der Waals surface area contributed by atoms with E-state index in [1.165, 1.54) is 0 Å². The Labute approximate surface area is 105 Å². The van der Waals surface area contributed by atoms with E-state index in [9.17, 15) is 8.42 Å². The fourth-order valence-corrected chi connectivity index (χ4v) is 2.80. The number of benzene rings is 2. The lowest BCUT2D eigenvalue weighted by Crippen LogP contribution is -2.14. The molecule has 0 aromatic heterocycles. The van der Waals surface area contributed by atoms with E-state index in [4.69, 9.17) is 15.8 Å². The van der Waals surface area contributed by atoms with Gasteiger partial charge in [-0.1, -0.05) is 36.4 Å². The lowest BCUT2D eigenvalue weighted by molar-refractivity contribution is 0.490. The minimum absolute atomic E-state index is 0.0209. The van der Waals surface area contributed by atoms with Crippen LogP contribution in [0.25, 0.3) is 10.8 Å². The Bertz CT molecular complexity index is 617. The molecule has 3 nitrogen and oxygen atoms in total. The lowest BCUT2D eigenvalue weighted by Gasteiger charge is -2.08. The van der Waals surface area contributed by atoms with Crippen LogP contribution >= 0.6 is 11.6 Å². The molecule has 0 spiro atoms. The Hall–Kier alpha value is -1.26. The maximum absolute atomic E-state index is 11.5. The molecule has 90 valence electrons. The molecular weight excluding hydrogens is 260 g/mol. The maximum Gasteiger partial charge on any atom is 0.310 e. The molecule has 0 amide bonds. The van der Waals surface area contributed by atoms with Gasteiger partial charge in [-0.05, 0) is 11.5 Å². The van der Waals surface area contributed by atoms with Gasteiger partial charge >= 0.3 is 10.1 Å². The van der Waals surface area contributed by atoms with Crippen molar-refractivity contribution in [2.24, 2.45) is 0 Å². The van der Waals surface area contributed by atoms with E-state index in [0.717, 1.165) is 10.8 Å². The van der Waals surface area contributed by atoms with Crippen LogP contribution in [-0.4, -0.2) is 20.1 Å². The minimum atomic E-state index is -3.61. The zero-order valence-corrected chi connectivity index (χ0v) is 10.5. The van der Waals surface area contributed by atoms with E-state index in [0.29, 0.717) is 5.75 Å². The largest absolute Gasteiger partial charge is 0.382 e. The summed E-state index contributed by atoms with van der Waals surface area (Å²) in [5, 5.41) is 1.71. The van der Waals surface area contributed by atoms with Gasteiger partial charge in [-0.3, -0.25) is 0 Å². The van der Waals surface area contributed by atoms with Crippen molar-refractivity contribution < 1.29 is 12.6 Å². The summed E-state index contributed by atoms with van der Waals surface area (Å²) in [6.07, 6.45) is 0. The number of hydrogen-bond acceptors (Lipinski definition) is 3. The van der Waals surface area contributed by atoms with Crippen LogP contribution in [0.3, 0.4) is 0 Å². The third-order valence-electron chi connectivity index (χ3n) is 2.29. The normalized spacial score (nSPS) is 11.6. The number of alkyl halides is 1. The molecule has 0 atom stereocenters. The molecule has 0 aliphatic carbocycles. The van der Waals surface area contributed by atoms with Gasteiger partial charge in [-0.25, -0.2) is 0 Å². The third kappa shape index (κ3) is 2.90. The van der Waals surface area contributed by atoms with E-state index >= 15 is 0 Å². The van der Waals surface area contributed by atoms with Crippen molar-refractivity contribution in [3.8, 4) is 5.75 Å². The molecule has 17 heavy (non-hydrogen) atoms. The highest BCUT2D eigenvalue weighted by atomic mass is 35.5. The predicted molar refractivity (Wildman–Crippen MR) is 69.1 cm³/mol. The van der Waals surface area contributed by atoms with Gasteiger partial charge in [0.15, 0.2) is 0 Å². The van der Waals surface area contributed by atoms with Crippen molar-refractivity contribution in [2.75, 3.05) is 11.6 Å². The highest BCUT2D eigenvalue weighted by molar-refractivity contribution is 7.87. The van der Waals surface area contributed by atoms with Gasteiger partial charge in [0, 0.05) is 11.3 Å². The maximum atomic E-state index is 11.5. The second-order valence-corrected chi connectivity index (χ2v) is 5.58. The molecule has 0 heterocycles. The van der Waals surface area contributed by atoms with Gasteiger partial charge in [-0.15, -0.1) is 11.6 Å². The molecule has 2 rings (SSSR count). The fourth-order valence-electron chi connectivity index (χ4n) is 1.54. The average molecular weight is 271 g/mol. The van der Waals surface area contributed by atoms with E-state index < -0.39 is 10.1 Å². The Morgan fingerprint density at radius 2 is 1.76 bits per heavy atom. The Morgan fingerprint density at radius 3 is 2.53 bits per heavy atom. The molecule has 0 unspecified atom stereocenters. The van der Waals surface area contributed by atoms with E-state index in [1.807, 2.05) is 30.3 Å². The number of rotatable bonds is 4. The number of halogens is 1. The van der Waals surface area contributed by atoms with E-state index in [2.05, 4.69) is 0 Å². The molecule has 0 fully saturated rings. The molecule has 0 N–H and O–H groups in total. The highest BCUT2D eigenvalue weighted by Crippen LogP contribution is 2.26. The van der Waals surface area contributed by atoms with Gasteiger partial charge in [0.2, 0.25) is 0 Å². The third-order valence-corrected chi connectivity index (χ3v) is 3.84. The van der Waals surface area contributed by atoms with Gasteiger partial charge < -0.3 is 4.18 Å². The molecule has 2 aromatic carbocycles. The quantitative estimate of drug-likeness (QED) is 0.634. The van der Waals surface area contributed by atoms with E-state index in [-0.39, 0.29) is 11.6 Å². The highest BCUT2D eigenvalue weighted by Gasteiger charge is 2.13. The summed E-state index contributed by atoms with van der Waals surface area (Å²) in [5.41, 5.74) is 0. The lowest BCUT2D eigenvalue weighted by atomic mass is 10.1. The first-order valence-electron chi connectivity index (χ1n) is 5.08. The monoisotopic (exact) mass is 270 g/mol. The smallest absolute Gasteiger partial charge is 0.310 e. The number of fused-ring (bicyclic) bond motifs is 1. The molecule has 5 heteroatoms. The summed E-state index contributed by atoms with van der Waals surface area (Å²) < 4.78 is 28.1.